The van der Waals surface area contributed by atoms with Crippen LogP contribution >= 0.6 is 0 Å². The van der Waals surface area contributed by atoms with Crippen LogP contribution in [0.15, 0.2) is 30.5 Å². The number of fused-ring (bicyclic) bond motifs is 1. The lowest BCUT2D eigenvalue weighted by Gasteiger charge is -2.30. The van der Waals surface area contributed by atoms with E-state index < -0.39 is 0 Å². The molecule has 1 aliphatic rings. The van der Waals surface area contributed by atoms with Gasteiger partial charge in [0.15, 0.2) is 0 Å². The van der Waals surface area contributed by atoms with Gasteiger partial charge in [-0.2, -0.15) is 0 Å². The maximum absolute atomic E-state index is 3.28. The Hall–Kier alpha value is -1.24. The van der Waals surface area contributed by atoms with Gasteiger partial charge < -0.3 is 4.98 Å². The number of nitrogens with one attached hydrogen (secondary N) is 1. The van der Waals surface area contributed by atoms with Gasteiger partial charge in [-0.25, -0.2) is 0 Å². The molecule has 0 radical (unpaired) electrons. The van der Waals surface area contributed by atoms with Gasteiger partial charge in [-0.05, 0) is 60.2 Å². The molecule has 1 heterocycles. The van der Waals surface area contributed by atoms with Crippen molar-refractivity contribution in [2.45, 2.75) is 51.4 Å². The Bertz CT molecular complexity index is 505. The second-order valence-corrected chi connectivity index (χ2v) is 5.74. The molecule has 3 rings (SSSR count). The summed E-state index contributed by atoms with van der Waals surface area (Å²) in [5.74, 6) is 1.68. The van der Waals surface area contributed by atoms with Gasteiger partial charge >= 0.3 is 0 Å². The van der Waals surface area contributed by atoms with Crippen molar-refractivity contribution in [2.75, 3.05) is 0 Å². The van der Waals surface area contributed by atoms with Crippen molar-refractivity contribution in [3.8, 4) is 0 Å². The highest BCUT2D eigenvalue weighted by atomic mass is 14.7. The summed E-state index contributed by atoms with van der Waals surface area (Å²) in [4.78, 5) is 3.28. The average molecular weight is 241 g/mol. The summed E-state index contributed by atoms with van der Waals surface area (Å²) in [5, 5.41) is 1.36. The van der Waals surface area contributed by atoms with E-state index in [1.54, 1.807) is 5.56 Å². The molecule has 0 aliphatic heterocycles. The van der Waals surface area contributed by atoms with Crippen LogP contribution in [0.3, 0.4) is 0 Å². The number of aromatic nitrogens is 1. The number of aromatic amines is 1. The average Bonchev–Trinajstić information content (AvgIpc) is 2.88. The highest BCUT2D eigenvalue weighted by Crippen LogP contribution is 2.38. The van der Waals surface area contributed by atoms with Crippen molar-refractivity contribution >= 4 is 10.9 Å². The molecule has 0 spiro atoms. The van der Waals surface area contributed by atoms with E-state index in [9.17, 15) is 0 Å². The Morgan fingerprint density at radius 3 is 2.78 bits per heavy atom. The first-order valence-electron chi connectivity index (χ1n) is 7.45. The standard InChI is InChI=1S/C17H23N/c1-2-16(13-6-4-3-5-7-13)14-8-9-17-15(12-14)10-11-18-17/h8-13,16,18H,2-7H2,1H3. The van der Waals surface area contributed by atoms with E-state index in [1.165, 1.54) is 49.4 Å². The van der Waals surface area contributed by atoms with Crippen LogP contribution in [0.4, 0.5) is 0 Å². The zero-order valence-electron chi connectivity index (χ0n) is 11.3. The molecule has 0 amide bonds. The number of hydrogen-bond acceptors (Lipinski definition) is 0. The van der Waals surface area contributed by atoms with Crippen molar-refractivity contribution in [3.63, 3.8) is 0 Å². The SMILES string of the molecule is CCC(c1ccc2[nH]ccc2c1)C1CCCCC1. The third kappa shape index (κ3) is 2.19. The van der Waals surface area contributed by atoms with Crippen LogP contribution in [0, 0.1) is 5.92 Å². The van der Waals surface area contributed by atoms with E-state index in [4.69, 9.17) is 0 Å². The minimum atomic E-state index is 0.768. The number of H-pyrrole nitrogens is 1. The molecule has 0 bridgehead atoms. The molecule has 0 saturated heterocycles. The van der Waals surface area contributed by atoms with E-state index >= 15 is 0 Å². The molecule has 18 heavy (non-hydrogen) atoms. The number of benzene rings is 1. The fourth-order valence-electron chi connectivity index (χ4n) is 3.68. The lowest BCUT2D eigenvalue weighted by atomic mass is 9.75. The molecule has 1 unspecified atom stereocenters. The Labute approximate surface area is 110 Å². The zero-order valence-corrected chi connectivity index (χ0v) is 11.3. The molecule has 1 aromatic carbocycles. The summed E-state index contributed by atoms with van der Waals surface area (Å²) in [7, 11) is 0. The normalized spacial score (nSPS) is 19.2. The summed E-state index contributed by atoms with van der Waals surface area (Å²) < 4.78 is 0. The summed E-state index contributed by atoms with van der Waals surface area (Å²) in [5.41, 5.74) is 2.81. The molecule has 1 aromatic heterocycles. The Morgan fingerprint density at radius 1 is 1.17 bits per heavy atom. The van der Waals surface area contributed by atoms with Gasteiger partial charge in [0.1, 0.15) is 0 Å². The second-order valence-electron chi connectivity index (χ2n) is 5.74. The van der Waals surface area contributed by atoms with Crippen LogP contribution in [-0.4, -0.2) is 4.98 Å². The summed E-state index contributed by atoms with van der Waals surface area (Å²) in [6, 6.07) is 9.17. The molecule has 1 nitrogen and oxygen atoms in total. The quantitative estimate of drug-likeness (QED) is 0.756. The molecule has 1 fully saturated rings. The van der Waals surface area contributed by atoms with Crippen molar-refractivity contribution < 1.29 is 0 Å². The topological polar surface area (TPSA) is 15.8 Å². The Morgan fingerprint density at radius 2 is 2.00 bits per heavy atom. The van der Waals surface area contributed by atoms with E-state index in [1.807, 2.05) is 6.20 Å². The lowest BCUT2D eigenvalue weighted by Crippen LogP contribution is -2.15. The fourth-order valence-corrected chi connectivity index (χ4v) is 3.68. The third-order valence-electron chi connectivity index (χ3n) is 4.66. The molecule has 1 N–H and O–H groups in total. The van der Waals surface area contributed by atoms with E-state index in [0.717, 1.165) is 11.8 Å². The first-order chi connectivity index (χ1) is 8.88. The van der Waals surface area contributed by atoms with Gasteiger partial charge in [0.25, 0.3) is 0 Å². The maximum Gasteiger partial charge on any atom is 0.0454 e. The van der Waals surface area contributed by atoms with Gasteiger partial charge in [0.05, 0.1) is 0 Å². The van der Waals surface area contributed by atoms with E-state index in [2.05, 4.69) is 36.2 Å². The fraction of sp³-hybridized carbons (Fsp3) is 0.529. The molecular formula is C17H23N. The summed E-state index contributed by atoms with van der Waals surface area (Å²) >= 11 is 0. The largest absolute Gasteiger partial charge is 0.361 e. The van der Waals surface area contributed by atoms with Gasteiger partial charge in [-0.3, -0.25) is 0 Å². The smallest absolute Gasteiger partial charge is 0.0454 e. The molecular weight excluding hydrogens is 218 g/mol. The molecule has 1 saturated carbocycles. The third-order valence-corrected chi connectivity index (χ3v) is 4.66. The van der Waals surface area contributed by atoms with E-state index in [0.29, 0.717) is 0 Å². The van der Waals surface area contributed by atoms with Gasteiger partial charge in [0, 0.05) is 11.7 Å². The van der Waals surface area contributed by atoms with Crippen LogP contribution in [-0.2, 0) is 0 Å². The first-order valence-corrected chi connectivity index (χ1v) is 7.45. The predicted octanol–water partition coefficient (Wildman–Crippen LogP) is 5.24. The number of rotatable bonds is 3. The van der Waals surface area contributed by atoms with Crippen LogP contribution in [0.1, 0.15) is 56.9 Å². The van der Waals surface area contributed by atoms with E-state index in [-0.39, 0.29) is 0 Å². The second kappa shape index (κ2) is 5.17. The van der Waals surface area contributed by atoms with Crippen molar-refractivity contribution in [1.82, 2.24) is 4.98 Å². The number of hydrogen-bond donors (Lipinski definition) is 1. The summed E-state index contributed by atoms with van der Waals surface area (Å²) in [6.45, 7) is 2.35. The molecule has 96 valence electrons. The van der Waals surface area contributed by atoms with Crippen LogP contribution < -0.4 is 0 Å². The Balaban J connectivity index is 1.89. The first kappa shape index (κ1) is 11.8. The van der Waals surface area contributed by atoms with Crippen molar-refractivity contribution in [3.05, 3.63) is 36.0 Å². The van der Waals surface area contributed by atoms with Crippen LogP contribution in [0.2, 0.25) is 0 Å². The predicted molar refractivity (Wildman–Crippen MR) is 77.9 cm³/mol. The summed E-state index contributed by atoms with van der Waals surface area (Å²) in [6.07, 6.45) is 10.5. The van der Waals surface area contributed by atoms with Crippen LogP contribution in [0.5, 0.6) is 0 Å². The zero-order chi connectivity index (χ0) is 12.4. The highest BCUT2D eigenvalue weighted by molar-refractivity contribution is 5.80. The van der Waals surface area contributed by atoms with Gasteiger partial charge in [0.2, 0.25) is 0 Å². The molecule has 2 aromatic rings. The minimum Gasteiger partial charge on any atom is -0.361 e. The van der Waals surface area contributed by atoms with Gasteiger partial charge in [-0.15, -0.1) is 0 Å². The molecule has 1 heteroatoms. The highest BCUT2D eigenvalue weighted by Gasteiger charge is 2.23. The maximum atomic E-state index is 3.28. The lowest BCUT2D eigenvalue weighted by molar-refractivity contribution is 0.299. The van der Waals surface area contributed by atoms with Crippen LogP contribution in [0.25, 0.3) is 10.9 Å². The molecule has 1 atom stereocenters. The van der Waals surface area contributed by atoms with Crippen molar-refractivity contribution in [2.24, 2.45) is 5.92 Å². The van der Waals surface area contributed by atoms with Crippen molar-refractivity contribution in [1.29, 1.82) is 0 Å². The monoisotopic (exact) mass is 241 g/mol. The Kier molecular flexibility index (Phi) is 3.40. The van der Waals surface area contributed by atoms with Gasteiger partial charge in [-0.1, -0.05) is 32.3 Å². The minimum absolute atomic E-state index is 0.768. The molecule has 1 aliphatic carbocycles.